The molecule has 2 heterocycles. The number of carbonyl (C=O) groups is 1. The lowest BCUT2D eigenvalue weighted by atomic mass is 10.0. The van der Waals surface area contributed by atoms with Gasteiger partial charge in [0.1, 0.15) is 11.7 Å². The Bertz CT molecular complexity index is 607. The van der Waals surface area contributed by atoms with E-state index in [4.69, 9.17) is 4.52 Å². The van der Waals surface area contributed by atoms with E-state index in [1.54, 1.807) is 6.20 Å². The summed E-state index contributed by atoms with van der Waals surface area (Å²) >= 11 is 0. The minimum atomic E-state index is -0.294. The molecule has 1 atom stereocenters. The summed E-state index contributed by atoms with van der Waals surface area (Å²) in [6.07, 6.45) is 1.69. The number of nitrogens with zero attached hydrogens (tertiary/aromatic N) is 3. The lowest BCUT2D eigenvalue weighted by molar-refractivity contribution is -0.120. The van der Waals surface area contributed by atoms with Gasteiger partial charge in [0.25, 0.3) is 0 Å². The second-order valence-corrected chi connectivity index (χ2v) is 5.05. The summed E-state index contributed by atoms with van der Waals surface area (Å²) < 4.78 is 5.28. The Morgan fingerprint density at radius 3 is 2.75 bits per heavy atom. The molecule has 0 aromatic carbocycles. The third-order valence-electron chi connectivity index (χ3n) is 2.95. The highest BCUT2D eigenvalue weighted by atomic mass is 16.5. The van der Waals surface area contributed by atoms with Gasteiger partial charge in [-0.1, -0.05) is 25.1 Å². The molecule has 0 radical (unpaired) electrons. The van der Waals surface area contributed by atoms with Gasteiger partial charge in [-0.15, -0.1) is 0 Å². The second-order valence-electron chi connectivity index (χ2n) is 5.05. The van der Waals surface area contributed by atoms with Gasteiger partial charge in [-0.3, -0.25) is 9.78 Å². The Labute approximate surface area is 117 Å². The Balaban J connectivity index is 2.32. The normalized spacial score (nSPS) is 12.4. The Kier molecular flexibility index (Phi) is 4.12. The van der Waals surface area contributed by atoms with Crippen LogP contribution in [0.5, 0.6) is 0 Å². The van der Waals surface area contributed by atoms with Crippen molar-refractivity contribution < 1.29 is 9.32 Å². The van der Waals surface area contributed by atoms with Crippen molar-refractivity contribution in [3.63, 3.8) is 0 Å². The summed E-state index contributed by atoms with van der Waals surface area (Å²) in [5.41, 5.74) is 1.66. The number of aryl methyl sites for hydroxylation is 1. The molecule has 2 aromatic heterocycles. The van der Waals surface area contributed by atoms with Crippen LogP contribution in [0, 0.1) is 12.8 Å². The maximum Gasteiger partial charge on any atom is 0.249 e. The molecule has 20 heavy (non-hydrogen) atoms. The van der Waals surface area contributed by atoms with E-state index >= 15 is 0 Å². The quantitative estimate of drug-likeness (QED) is 0.925. The highest BCUT2D eigenvalue weighted by molar-refractivity contribution is 5.73. The Morgan fingerprint density at radius 1 is 1.40 bits per heavy atom. The predicted octanol–water partition coefficient (Wildman–Crippen LogP) is 2.27. The summed E-state index contributed by atoms with van der Waals surface area (Å²) in [4.78, 5) is 19.9. The Morgan fingerprint density at radius 2 is 2.15 bits per heavy atom. The fourth-order valence-corrected chi connectivity index (χ4v) is 1.91. The van der Waals surface area contributed by atoms with E-state index in [0.29, 0.717) is 17.4 Å². The third-order valence-corrected chi connectivity index (χ3v) is 2.95. The summed E-state index contributed by atoms with van der Waals surface area (Å²) in [6.45, 7) is 7.37. The second kappa shape index (κ2) is 5.81. The van der Waals surface area contributed by atoms with E-state index in [9.17, 15) is 4.79 Å². The predicted molar refractivity (Wildman–Crippen MR) is 73.7 cm³/mol. The first-order valence-electron chi connectivity index (χ1n) is 6.51. The lowest BCUT2D eigenvalue weighted by Gasteiger charge is -2.16. The molecule has 106 valence electrons. The van der Waals surface area contributed by atoms with Crippen LogP contribution in [0.25, 0.3) is 11.5 Å². The smallest absolute Gasteiger partial charge is 0.249 e. The van der Waals surface area contributed by atoms with Crippen LogP contribution in [0.2, 0.25) is 0 Å². The van der Waals surface area contributed by atoms with Gasteiger partial charge in [0.2, 0.25) is 17.6 Å². The molecule has 0 aliphatic carbocycles. The molecule has 1 amide bonds. The van der Waals surface area contributed by atoms with Crippen LogP contribution in [0.1, 0.15) is 38.3 Å². The van der Waals surface area contributed by atoms with E-state index in [2.05, 4.69) is 20.4 Å². The van der Waals surface area contributed by atoms with Crippen LogP contribution in [-0.4, -0.2) is 21.0 Å². The van der Waals surface area contributed by atoms with Gasteiger partial charge < -0.3 is 9.84 Å². The molecule has 0 saturated carbocycles. The zero-order chi connectivity index (χ0) is 14.7. The topological polar surface area (TPSA) is 80.9 Å². The van der Waals surface area contributed by atoms with Crippen LogP contribution < -0.4 is 5.32 Å². The maximum absolute atomic E-state index is 11.2. The van der Waals surface area contributed by atoms with Crippen molar-refractivity contribution in [1.82, 2.24) is 20.4 Å². The van der Waals surface area contributed by atoms with Crippen LogP contribution in [-0.2, 0) is 4.79 Å². The van der Waals surface area contributed by atoms with E-state index in [-0.39, 0.29) is 17.9 Å². The summed E-state index contributed by atoms with van der Waals surface area (Å²) in [5.74, 6) is 0.860. The number of amides is 1. The minimum absolute atomic E-state index is 0.127. The highest BCUT2D eigenvalue weighted by Gasteiger charge is 2.24. The first kappa shape index (κ1) is 14.2. The van der Waals surface area contributed by atoms with E-state index in [0.717, 1.165) is 5.56 Å². The van der Waals surface area contributed by atoms with Crippen LogP contribution in [0.4, 0.5) is 0 Å². The molecule has 0 fully saturated rings. The van der Waals surface area contributed by atoms with Crippen LogP contribution >= 0.6 is 0 Å². The van der Waals surface area contributed by atoms with Gasteiger partial charge >= 0.3 is 0 Å². The molecule has 0 saturated heterocycles. The maximum atomic E-state index is 11.2. The molecular formula is C14H18N4O2. The minimum Gasteiger partial charge on any atom is -0.344 e. The van der Waals surface area contributed by atoms with Gasteiger partial charge in [-0.2, -0.15) is 4.98 Å². The molecule has 0 bridgehead atoms. The monoisotopic (exact) mass is 274 g/mol. The zero-order valence-electron chi connectivity index (χ0n) is 12.0. The van der Waals surface area contributed by atoms with Crippen molar-refractivity contribution in [3.05, 3.63) is 29.8 Å². The molecule has 1 unspecified atom stereocenters. The van der Waals surface area contributed by atoms with Gasteiger partial charge in [0.05, 0.1) is 0 Å². The fourth-order valence-electron chi connectivity index (χ4n) is 1.91. The molecular weight excluding hydrogens is 256 g/mol. The number of carbonyl (C=O) groups excluding carboxylic acids is 1. The fraction of sp³-hybridized carbons (Fsp3) is 0.429. The molecule has 1 N–H and O–H groups in total. The van der Waals surface area contributed by atoms with E-state index < -0.39 is 0 Å². The molecule has 6 heteroatoms. The Hall–Kier alpha value is -2.24. The number of pyridine rings is 1. The molecule has 0 spiro atoms. The number of rotatable bonds is 4. The van der Waals surface area contributed by atoms with E-state index in [1.165, 1.54) is 6.92 Å². The first-order chi connectivity index (χ1) is 9.49. The molecule has 6 nitrogen and oxygen atoms in total. The summed E-state index contributed by atoms with van der Waals surface area (Å²) in [7, 11) is 0. The number of hydrogen-bond acceptors (Lipinski definition) is 5. The SMILES string of the molecule is CC(=O)NC(c1nc(-c2ncccc2C)no1)C(C)C. The standard InChI is InChI=1S/C14H18N4O2/c1-8(2)11(16-10(4)19)14-17-13(18-20-14)12-9(3)6-5-7-15-12/h5-8,11H,1-4H3,(H,16,19). The molecule has 2 aromatic rings. The van der Waals surface area contributed by atoms with Crippen molar-refractivity contribution in [2.45, 2.75) is 33.7 Å². The largest absolute Gasteiger partial charge is 0.344 e. The van der Waals surface area contributed by atoms with Crippen molar-refractivity contribution in [2.75, 3.05) is 0 Å². The van der Waals surface area contributed by atoms with Crippen molar-refractivity contribution in [1.29, 1.82) is 0 Å². The first-order valence-corrected chi connectivity index (χ1v) is 6.51. The van der Waals surface area contributed by atoms with Gasteiger partial charge in [0, 0.05) is 13.1 Å². The van der Waals surface area contributed by atoms with Gasteiger partial charge in [-0.05, 0) is 24.5 Å². The van der Waals surface area contributed by atoms with E-state index in [1.807, 2.05) is 32.9 Å². The van der Waals surface area contributed by atoms with Crippen molar-refractivity contribution in [3.8, 4) is 11.5 Å². The summed E-state index contributed by atoms with van der Waals surface area (Å²) in [6, 6.07) is 3.50. The van der Waals surface area contributed by atoms with Crippen molar-refractivity contribution >= 4 is 5.91 Å². The molecule has 0 aliphatic heterocycles. The number of nitrogens with one attached hydrogen (secondary N) is 1. The average molecular weight is 274 g/mol. The van der Waals surface area contributed by atoms with Crippen molar-refractivity contribution in [2.24, 2.45) is 5.92 Å². The highest BCUT2D eigenvalue weighted by Crippen LogP contribution is 2.23. The van der Waals surface area contributed by atoms with Gasteiger partial charge in [0.15, 0.2) is 0 Å². The summed E-state index contributed by atoms with van der Waals surface area (Å²) in [5, 5.41) is 6.78. The lowest BCUT2D eigenvalue weighted by Crippen LogP contribution is -2.29. The van der Waals surface area contributed by atoms with Crippen LogP contribution in [0.3, 0.4) is 0 Å². The number of aromatic nitrogens is 3. The molecule has 2 rings (SSSR count). The van der Waals surface area contributed by atoms with Crippen LogP contribution in [0.15, 0.2) is 22.9 Å². The number of hydrogen-bond donors (Lipinski definition) is 1. The third kappa shape index (κ3) is 3.01. The average Bonchev–Trinajstić information content (AvgIpc) is 2.85. The zero-order valence-corrected chi connectivity index (χ0v) is 12.0. The molecule has 0 aliphatic rings. The van der Waals surface area contributed by atoms with Gasteiger partial charge in [-0.25, -0.2) is 0 Å².